The second-order valence-electron chi connectivity index (χ2n) is 13.3. The molecule has 2 heterocycles. The lowest BCUT2D eigenvalue weighted by atomic mass is 9.74. The van der Waals surface area contributed by atoms with Crippen molar-refractivity contribution in [2.24, 2.45) is 0 Å². The molecule has 47 heavy (non-hydrogen) atoms. The molecule has 5 aromatic carbocycles. The normalized spacial score (nSPS) is 21.2. The van der Waals surface area contributed by atoms with Gasteiger partial charge in [0.05, 0.1) is 17.9 Å². The highest BCUT2D eigenvalue weighted by atomic mass is 19.1. The molecule has 5 aromatic rings. The molecular weight excluding hydrogens is 579 g/mol. The number of hydrogen-bond acceptors (Lipinski definition) is 2. The number of benzene rings is 5. The molecule has 0 fully saturated rings. The fourth-order valence-corrected chi connectivity index (χ4v) is 8.09. The molecule has 7 rings (SSSR count). The summed E-state index contributed by atoms with van der Waals surface area (Å²) >= 11 is 0. The second-order valence-corrected chi connectivity index (χ2v) is 13.3. The molecule has 0 aromatic heterocycles. The molecule has 0 saturated heterocycles. The Balaban J connectivity index is 1.37. The Hall–Kier alpha value is -4.96. The van der Waals surface area contributed by atoms with Crippen LogP contribution in [-0.2, 0) is 23.7 Å². The Morgan fingerprint density at radius 3 is 2.32 bits per heavy atom. The predicted octanol–water partition coefficient (Wildman–Crippen LogP) is 9.70. The summed E-state index contributed by atoms with van der Waals surface area (Å²) in [6.45, 7) is 7.63. The van der Waals surface area contributed by atoms with Crippen molar-refractivity contribution in [3.8, 4) is 5.75 Å². The molecule has 2 atom stereocenters. The maximum atomic E-state index is 15.2. The quantitative estimate of drug-likeness (QED) is 0.160. The average Bonchev–Trinajstić information content (AvgIpc) is 3.45. The number of likely N-dealkylation sites (N-methyl/N-ethyl adjacent to an activating group) is 1. The van der Waals surface area contributed by atoms with E-state index in [9.17, 15) is 0 Å². The highest BCUT2D eigenvalue weighted by Crippen LogP contribution is 2.50. The second kappa shape index (κ2) is 12.0. The summed E-state index contributed by atoms with van der Waals surface area (Å²) in [7, 11) is 3.89. The molecule has 3 nitrogen and oxygen atoms in total. The zero-order valence-electron chi connectivity index (χ0n) is 27.9. The van der Waals surface area contributed by atoms with Gasteiger partial charge in [-0.2, -0.15) is 4.58 Å². The van der Waals surface area contributed by atoms with E-state index in [1.807, 2.05) is 18.2 Å². The number of methoxy groups -OCH3 is 1. The number of anilines is 1. The van der Waals surface area contributed by atoms with E-state index in [-0.39, 0.29) is 11.2 Å². The minimum Gasteiger partial charge on any atom is -0.497 e. The van der Waals surface area contributed by atoms with Crippen molar-refractivity contribution in [1.82, 2.24) is 0 Å². The molecule has 0 bridgehead atoms. The predicted molar refractivity (Wildman–Crippen MR) is 193 cm³/mol. The first kappa shape index (κ1) is 30.7. The van der Waals surface area contributed by atoms with Crippen molar-refractivity contribution in [3.05, 3.63) is 161 Å². The number of fused-ring (bicyclic) bond motifs is 4. The van der Waals surface area contributed by atoms with Gasteiger partial charge in [0.15, 0.2) is 5.71 Å². The van der Waals surface area contributed by atoms with Gasteiger partial charge in [0.1, 0.15) is 18.1 Å². The summed E-state index contributed by atoms with van der Waals surface area (Å²) in [6, 6.07) is 37.4. The van der Waals surface area contributed by atoms with Crippen molar-refractivity contribution >= 4 is 27.9 Å². The SMILES string of the molecule is CC[N+]1=C(C=CC=C2N(C)c3ccc(OC)cc3C2(C)Cc2ccccc2)C(C)(Cc2ccccc2F)c2ccc3ccccc3c21. The lowest BCUT2D eigenvalue weighted by molar-refractivity contribution is -0.431. The average molecular weight is 622 g/mol. The van der Waals surface area contributed by atoms with E-state index in [4.69, 9.17) is 4.74 Å². The van der Waals surface area contributed by atoms with E-state index in [0.717, 1.165) is 24.3 Å². The summed E-state index contributed by atoms with van der Waals surface area (Å²) in [5.74, 6) is 0.705. The van der Waals surface area contributed by atoms with Gasteiger partial charge in [-0.3, -0.25) is 0 Å². The van der Waals surface area contributed by atoms with Crippen LogP contribution in [0.2, 0.25) is 0 Å². The highest BCUT2D eigenvalue weighted by Gasteiger charge is 2.48. The van der Waals surface area contributed by atoms with Crippen LogP contribution in [0.1, 0.15) is 43.0 Å². The van der Waals surface area contributed by atoms with Crippen molar-refractivity contribution < 1.29 is 13.7 Å². The van der Waals surface area contributed by atoms with E-state index < -0.39 is 5.41 Å². The Labute approximate surface area is 278 Å². The van der Waals surface area contributed by atoms with Crippen LogP contribution in [0.3, 0.4) is 0 Å². The van der Waals surface area contributed by atoms with Crippen LogP contribution in [0.4, 0.5) is 15.8 Å². The van der Waals surface area contributed by atoms with Crippen molar-refractivity contribution in [1.29, 1.82) is 0 Å². The first-order valence-electron chi connectivity index (χ1n) is 16.5. The maximum absolute atomic E-state index is 15.2. The number of halogens is 1. The molecule has 236 valence electrons. The van der Waals surface area contributed by atoms with Crippen LogP contribution in [-0.4, -0.2) is 31.0 Å². The van der Waals surface area contributed by atoms with Crippen LogP contribution in [0, 0.1) is 5.82 Å². The molecular formula is C43H42FN2O+. The van der Waals surface area contributed by atoms with Crippen LogP contribution >= 0.6 is 0 Å². The molecule has 2 aliphatic heterocycles. The third kappa shape index (κ3) is 5.07. The van der Waals surface area contributed by atoms with E-state index in [0.29, 0.717) is 6.42 Å². The number of hydrogen-bond donors (Lipinski definition) is 0. The molecule has 0 radical (unpaired) electrons. The van der Waals surface area contributed by atoms with Gasteiger partial charge in [0, 0.05) is 35.5 Å². The Kier molecular flexibility index (Phi) is 7.83. The molecule has 0 N–H and O–H groups in total. The standard InChI is InChI=1S/C43H42FN2O/c1-6-46-40(43(3,29-32-18-11-13-20-37(32)44)35-25-23-31-17-10-12-19-34(31)41(35)46)22-14-21-39-42(2,28-30-15-8-7-9-16-30)36-27-33(47-5)24-26-38(36)45(39)4/h7-27H,6,28-29H2,1-5H3/q+1. The third-order valence-corrected chi connectivity index (χ3v) is 10.4. The van der Waals surface area contributed by atoms with Gasteiger partial charge in [-0.25, -0.2) is 4.39 Å². The maximum Gasteiger partial charge on any atom is 0.217 e. The van der Waals surface area contributed by atoms with Crippen LogP contribution in [0.25, 0.3) is 10.8 Å². The molecule has 0 amide bonds. The van der Waals surface area contributed by atoms with Gasteiger partial charge in [-0.15, -0.1) is 0 Å². The minimum atomic E-state index is -0.433. The summed E-state index contributed by atoms with van der Waals surface area (Å²) in [5, 5.41) is 2.44. The lowest BCUT2D eigenvalue weighted by Gasteiger charge is -2.29. The number of ether oxygens (including phenoxy) is 1. The van der Waals surface area contributed by atoms with E-state index in [1.54, 1.807) is 19.2 Å². The van der Waals surface area contributed by atoms with E-state index in [2.05, 4.69) is 134 Å². The Morgan fingerprint density at radius 1 is 0.809 bits per heavy atom. The van der Waals surface area contributed by atoms with Crippen LogP contribution < -0.4 is 9.64 Å². The Bertz CT molecular complexity index is 2080. The summed E-state index contributed by atoms with van der Waals surface area (Å²) < 4.78 is 23.4. The molecule has 0 saturated carbocycles. The van der Waals surface area contributed by atoms with E-state index in [1.165, 1.54) is 50.2 Å². The van der Waals surface area contributed by atoms with Gasteiger partial charge in [-0.05, 0) is 92.1 Å². The fraction of sp³-hybridized carbons (Fsp3) is 0.233. The van der Waals surface area contributed by atoms with Crippen molar-refractivity contribution in [3.63, 3.8) is 0 Å². The van der Waals surface area contributed by atoms with Gasteiger partial charge < -0.3 is 9.64 Å². The smallest absolute Gasteiger partial charge is 0.217 e. The molecule has 0 aliphatic carbocycles. The zero-order chi connectivity index (χ0) is 32.8. The van der Waals surface area contributed by atoms with Crippen molar-refractivity contribution in [2.75, 3.05) is 25.6 Å². The summed E-state index contributed by atoms with van der Waals surface area (Å²) in [6.07, 6.45) is 8.18. The molecule has 4 heteroatoms. The van der Waals surface area contributed by atoms with Crippen LogP contribution in [0.5, 0.6) is 5.75 Å². The third-order valence-electron chi connectivity index (χ3n) is 10.4. The minimum absolute atomic E-state index is 0.158. The van der Waals surface area contributed by atoms with Crippen LogP contribution in [0.15, 0.2) is 133 Å². The fourth-order valence-electron chi connectivity index (χ4n) is 8.09. The first-order chi connectivity index (χ1) is 22.8. The molecule has 2 unspecified atom stereocenters. The first-order valence-corrected chi connectivity index (χ1v) is 16.5. The van der Waals surface area contributed by atoms with Gasteiger partial charge in [-0.1, -0.05) is 84.9 Å². The number of allylic oxidation sites excluding steroid dienone is 4. The largest absolute Gasteiger partial charge is 0.497 e. The Morgan fingerprint density at radius 2 is 1.55 bits per heavy atom. The molecule has 2 aliphatic rings. The summed E-state index contributed by atoms with van der Waals surface area (Å²) in [5.41, 5.74) is 8.62. The zero-order valence-corrected chi connectivity index (χ0v) is 27.9. The van der Waals surface area contributed by atoms with Gasteiger partial charge >= 0.3 is 0 Å². The van der Waals surface area contributed by atoms with Gasteiger partial charge in [0.25, 0.3) is 0 Å². The monoisotopic (exact) mass is 621 g/mol. The number of rotatable bonds is 8. The number of nitrogens with zero attached hydrogens (tertiary/aromatic N) is 2. The summed E-state index contributed by atoms with van der Waals surface area (Å²) in [4.78, 5) is 2.32. The molecule has 0 spiro atoms. The van der Waals surface area contributed by atoms with Crippen molar-refractivity contribution in [2.45, 2.75) is 44.4 Å². The highest BCUT2D eigenvalue weighted by molar-refractivity contribution is 6.07. The topological polar surface area (TPSA) is 15.5 Å². The van der Waals surface area contributed by atoms with E-state index >= 15 is 4.39 Å². The van der Waals surface area contributed by atoms with Gasteiger partial charge in [0.2, 0.25) is 5.69 Å². The lowest BCUT2D eigenvalue weighted by Crippen LogP contribution is -2.34.